The fourth-order valence-corrected chi connectivity index (χ4v) is 1.07. The molecular weight excluding hydrogens is 174 g/mol. The lowest BCUT2D eigenvalue weighted by molar-refractivity contribution is 1.10. The van der Waals surface area contributed by atoms with Crippen molar-refractivity contribution in [1.29, 1.82) is 5.26 Å². The van der Waals surface area contributed by atoms with Crippen LogP contribution in [-0.2, 0) is 0 Å². The van der Waals surface area contributed by atoms with E-state index in [1.807, 2.05) is 20.2 Å². The summed E-state index contributed by atoms with van der Waals surface area (Å²) >= 11 is 5.76. The molecule has 0 radical (unpaired) electrons. The summed E-state index contributed by atoms with van der Waals surface area (Å²) in [5.41, 5.74) is 1.21. The van der Waals surface area contributed by atoms with E-state index in [1.165, 1.54) is 6.20 Å². The van der Waals surface area contributed by atoms with Gasteiger partial charge in [-0.3, -0.25) is 4.98 Å². The zero-order valence-electron chi connectivity index (χ0n) is 6.87. The summed E-state index contributed by atoms with van der Waals surface area (Å²) in [5.74, 6) is 0. The zero-order chi connectivity index (χ0) is 9.14. The fourth-order valence-electron chi connectivity index (χ4n) is 0.875. The Morgan fingerprint density at radius 1 is 1.50 bits per heavy atom. The van der Waals surface area contributed by atoms with Gasteiger partial charge in [-0.05, 0) is 0 Å². The smallest absolute Gasteiger partial charge is 0.103 e. The van der Waals surface area contributed by atoms with Crippen molar-refractivity contribution in [3.63, 3.8) is 0 Å². The Morgan fingerprint density at radius 2 is 2.17 bits per heavy atom. The second-order valence-electron chi connectivity index (χ2n) is 2.52. The molecule has 1 aromatic heterocycles. The molecule has 0 atom stereocenters. The molecule has 1 rings (SSSR count). The van der Waals surface area contributed by atoms with Gasteiger partial charge in [-0.2, -0.15) is 5.26 Å². The Hall–Kier alpha value is -1.27. The molecule has 0 spiro atoms. The Morgan fingerprint density at radius 3 is 2.58 bits per heavy atom. The third kappa shape index (κ3) is 1.49. The maximum Gasteiger partial charge on any atom is 0.103 e. The van der Waals surface area contributed by atoms with Gasteiger partial charge in [-0.15, -0.1) is 0 Å². The summed E-state index contributed by atoms with van der Waals surface area (Å²) in [6.45, 7) is 0. The summed E-state index contributed by atoms with van der Waals surface area (Å²) in [4.78, 5) is 5.69. The van der Waals surface area contributed by atoms with Gasteiger partial charge in [0.15, 0.2) is 0 Å². The number of nitriles is 1. The SMILES string of the molecule is CN(C)c1cncc(Cl)c1C#N. The first-order chi connectivity index (χ1) is 5.66. The predicted octanol–water partition coefficient (Wildman–Crippen LogP) is 1.67. The van der Waals surface area contributed by atoms with Crippen molar-refractivity contribution in [1.82, 2.24) is 4.98 Å². The Kier molecular flexibility index (Phi) is 2.51. The molecule has 62 valence electrons. The second kappa shape index (κ2) is 3.42. The average molecular weight is 182 g/mol. The maximum absolute atomic E-state index is 8.76. The minimum atomic E-state index is 0.392. The molecule has 0 aromatic carbocycles. The number of hydrogen-bond donors (Lipinski definition) is 0. The lowest BCUT2D eigenvalue weighted by Gasteiger charge is -2.13. The van der Waals surface area contributed by atoms with Crippen LogP contribution >= 0.6 is 11.6 Å². The van der Waals surface area contributed by atoms with E-state index >= 15 is 0 Å². The number of halogens is 1. The molecule has 0 bridgehead atoms. The highest BCUT2D eigenvalue weighted by molar-refractivity contribution is 6.32. The summed E-state index contributed by atoms with van der Waals surface area (Å²) in [6.07, 6.45) is 3.08. The highest BCUT2D eigenvalue weighted by atomic mass is 35.5. The quantitative estimate of drug-likeness (QED) is 0.662. The highest BCUT2D eigenvalue weighted by Gasteiger charge is 2.07. The van der Waals surface area contributed by atoms with Gasteiger partial charge in [0.05, 0.1) is 22.5 Å². The number of rotatable bonds is 1. The Balaban J connectivity index is 3.30. The summed E-state index contributed by atoms with van der Waals surface area (Å²) in [7, 11) is 3.68. The van der Waals surface area contributed by atoms with Crippen molar-refractivity contribution in [3.05, 3.63) is 23.0 Å². The minimum absolute atomic E-state index is 0.392. The highest BCUT2D eigenvalue weighted by Crippen LogP contribution is 2.23. The van der Waals surface area contributed by atoms with Crippen LogP contribution in [0, 0.1) is 11.3 Å². The van der Waals surface area contributed by atoms with Crippen LogP contribution < -0.4 is 4.90 Å². The van der Waals surface area contributed by atoms with Crippen molar-refractivity contribution in [2.45, 2.75) is 0 Å². The van der Waals surface area contributed by atoms with Crippen LogP contribution in [0.2, 0.25) is 5.02 Å². The lowest BCUT2D eigenvalue weighted by Crippen LogP contribution is -2.10. The zero-order valence-corrected chi connectivity index (χ0v) is 7.63. The number of aromatic nitrogens is 1. The van der Waals surface area contributed by atoms with Crippen molar-refractivity contribution in [3.8, 4) is 6.07 Å². The monoisotopic (exact) mass is 181 g/mol. The molecule has 0 saturated carbocycles. The van der Waals surface area contributed by atoms with E-state index in [1.54, 1.807) is 11.1 Å². The van der Waals surface area contributed by atoms with Gasteiger partial charge in [0.25, 0.3) is 0 Å². The molecule has 0 aliphatic heterocycles. The van der Waals surface area contributed by atoms with E-state index in [0.29, 0.717) is 10.6 Å². The molecule has 1 heterocycles. The van der Waals surface area contributed by atoms with E-state index in [-0.39, 0.29) is 0 Å². The third-order valence-corrected chi connectivity index (χ3v) is 1.76. The second-order valence-corrected chi connectivity index (χ2v) is 2.93. The van der Waals surface area contributed by atoms with E-state index < -0.39 is 0 Å². The van der Waals surface area contributed by atoms with Gasteiger partial charge < -0.3 is 4.90 Å². The van der Waals surface area contributed by atoms with E-state index in [4.69, 9.17) is 16.9 Å². The number of nitrogens with zero attached hydrogens (tertiary/aromatic N) is 3. The first-order valence-corrected chi connectivity index (χ1v) is 3.75. The third-order valence-electron chi connectivity index (χ3n) is 1.47. The molecule has 0 fully saturated rings. The van der Waals surface area contributed by atoms with Crippen LogP contribution in [0.5, 0.6) is 0 Å². The molecule has 0 amide bonds. The van der Waals surface area contributed by atoms with E-state index in [2.05, 4.69) is 4.98 Å². The molecule has 3 nitrogen and oxygen atoms in total. The van der Waals surface area contributed by atoms with Gasteiger partial charge in [-0.1, -0.05) is 11.6 Å². The van der Waals surface area contributed by atoms with Crippen LogP contribution in [-0.4, -0.2) is 19.1 Å². The maximum atomic E-state index is 8.76. The Labute approximate surface area is 76.2 Å². The van der Waals surface area contributed by atoms with Crippen LogP contribution in [0.15, 0.2) is 12.4 Å². The predicted molar refractivity (Wildman–Crippen MR) is 48.3 cm³/mol. The molecule has 4 heteroatoms. The van der Waals surface area contributed by atoms with Crippen LogP contribution in [0.3, 0.4) is 0 Å². The molecule has 0 aliphatic carbocycles. The molecular formula is C8H8ClN3. The number of anilines is 1. The molecule has 12 heavy (non-hydrogen) atoms. The van der Waals surface area contributed by atoms with Gasteiger partial charge in [0.1, 0.15) is 6.07 Å². The van der Waals surface area contributed by atoms with Crippen molar-refractivity contribution in [2.75, 3.05) is 19.0 Å². The summed E-state index contributed by atoms with van der Waals surface area (Å²) in [5, 5.41) is 9.15. The van der Waals surface area contributed by atoms with Crippen molar-refractivity contribution in [2.24, 2.45) is 0 Å². The topological polar surface area (TPSA) is 39.9 Å². The van der Waals surface area contributed by atoms with Gasteiger partial charge in [-0.25, -0.2) is 0 Å². The standard InChI is InChI=1S/C8H8ClN3/c1-12(2)8-5-11-4-7(9)6(8)3-10/h4-5H,1-2H3. The number of pyridine rings is 1. The minimum Gasteiger partial charge on any atom is -0.375 e. The van der Waals surface area contributed by atoms with Crippen molar-refractivity contribution < 1.29 is 0 Å². The lowest BCUT2D eigenvalue weighted by atomic mass is 10.2. The fraction of sp³-hybridized carbons (Fsp3) is 0.250. The molecule has 0 N–H and O–H groups in total. The Bertz CT molecular complexity index is 328. The first kappa shape index (κ1) is 8.82. The first-order valence-electron chi connectivity index (χ1n) is 3.37. The van der Waals surface area contributed by atoms with Gasteiger partial charge in [0.2, 0.25) is 0 Å². The summed E-state index contributed by atoms with van der Waals surface area (Å²) in [6, 6.07) is 2.03. The summed E-state index contributed by atoms with van der Waals surface area (Å²) < 4.78 is 0. The molecule has 0 unspecified atom stereocenters. The van der Waals surface area contributed by atoms with Gasteiger partial charge >= 0.3 is 0 Å². The normalized spacial score (nSPS) is 9.17. The van der Waals surface area contributed by atoms with Gasteiger partial charge in [0, 0.05) is 20.3 Å². The van der Waals surface area contributed by atoms with Crippen LogP contribution in [0.4, 0.5) is 5.69 Å². The van der Waals surface area contributed by atoms with E-state index in [0.717, 1.165) is 5.69 Å². The van der Waals surface area contributed by atoms with E-state index in [9.17, 15) is 0 Å². The molecule has 1 aromatic rings. The van der Waals surface area contributed by atoms with Crippen LogP contribution in [0.1, 0.15) is 5.56 Å². The largest absolute Gasteiger partial charge is 0.375 e. The molecule has 0 saturated heterocycles. The number of hydrogen-bond acceptors (Lipinski definition) is 3. The van der Waals surface area contributed by atoms with Crippen molar-refractivity contribution >= 4 is 17.3 Å². The van der Waals surface area contributed by atoms with Crippen LogP contribution in [0.25, 0.3) is 0 Å². The molecule has 0 aliphatic rings. The average Bonchev–Trinajstić information content (AvgIpc) is 2.03.